The lowest BCUT2D eigenvalue weighted by Crippen LogP contribution is -2.36. The number of anilines is 3. The number of nitrogens with zero attached hydrogens (tertiary/aromatic N) is 4. The number of carbonyl (C=O) groups is 1. The molecule has 0 radical (unpaired) electrons. The molecule has 2 saturated carbocycles. The molecule has 2 fully saturated rings. The minimum Gasteiger partial charge on any atom is -0.341 e. The molecule has 10 heteroatoms. The maximum Gasteiger partial charge on any atom is 0.416 e. The number of ketones is 1. The number of halogens is 3. The van der Waals surface area contributed by atoms with Crippen molar-refractivity contribution in [1.82, 2.24) is 20.2 Å². The van der Waals surface area contributed by atoms with Crippen molar-refractivity contribution < 1.29 is 18.0 Å². The summed E-state index contributed by atoms with van der Waals surface area (Å²) in [6.45, 7) is 0. The second-order valence-corrected chi connectivity index (χ2v) is 10.3. The molecule has 1 aromatic carbocycles. The first kappa shape index (κ1) is 25.2. The van der Waals surface area contributed by atoms with Crippen LogP contribution in [0, 0.1) is 5.92 Å². The highest BCUT2D eigenvalue weighted by Crippen LogP contribution is 2.39. The van der Waals surface area contributed by atoms with E-state index in [1.165, 1.54) is 18.9 Å². The van der Waals surface area contributed by atoms with Gasteiger partial charge < -0.3 is 10.2 Å². The highest BCUT2D eigenvalue weighted by molar-refractivity contribution is 5.81. The largest absolute Gasteiger partial charge is 0.416 e. The third kappa shape index (κ3) is 6.47. The smallest absolute Gasteiger partial charge is 0.341 e. The number of Topliss-reactive ketones (excluding diaryl/α,β-unsaturated/α-hetero) is 1. The predicted molar refractivity (Wildman–Crippen MR) is 135 cm³/mol. The Balaban J connectivity index is 1.11. The summed E-state index contributed by atoms with van der Waals surface area (Å²) in [4.78, 5) is 23.8. The summed E-state index contributed by atoms with van der Waals surface area (Å²) in [6.07, 6.45) is 3.76. The quantitative estimate of drug-likeness (QED) is 0.364. The zero-order chi connectivity index (χ0) is 26.0. The maximum atomic E-state index is 12.9. The molecule has 37 heavy (non-hydrogen) atoms. The lowest BCUT2D eigenvalue weighted by atomic mass is 9.82. The van der Waals surface area contributed by atoms with Crippen LogP contribution < -0.4 is 10.2 Å². The molecule has 0 spiro atoms. The van der Waals surface area contributed by atoms with Gasteiger partial charge in [-0.25, -0.2) is 4.98 Å². The van der Waals surface area contributed by atoms with Crippen molar-refractivity contribution in [3.8, 4) is 0 Å². The standard InChI is InChI=1S/C27H31F3N6O/c1-36(26-31-12-11-24(33-26)32-25-16-23(34-35-25)19-7-8-19)21-9-5-17(6-10-21)14-22(37)15-18-3-2-4-20(13-18)27(28,29)30/h2-4,11-13,16-17,19,21H,5-10,14-15H2,1H3,(H2,31,32,33,34,35). The van der Waals surface area contributed by atoms with Gasteiger partial charge in [0, 0.05) is 49.8 Å². The Morgan fingerprint density at radius 2 is 1.86 bits per heavy atom. The fraction of sp³-hybridized carbons (Fsp3) is 0.481. The van der Waals surface area contributed by atoms with Crippen molar-refractivity contribution in [2.24, 2.45) is 5.92 Å². The number of aromatic nitrogens is 4. The van der Waals surface area contributed by atoms with Crippen molar-refractivity contribution in [2.45, 2.75) is 69.5 Å². The highest BCUT2D eigenvalue weighted by Gasteiger charge is 2.31. The van der Waals surface area contributed by atoms with Gasteiger partial charge in [-0.15, -0.1) is 0 Å². The van der Waals surface area contributed by atoms with Gasteiger partial charge in [0.05, 0.1) is 5.56 Å². The number of hydrogen-bond acceptors (Lipinski definition) is 6. The first-order valence-electron chi connectivity index (χ1n) is 12.8. The van der Waals surface area contributed by atoms with Crippen molar-refractivity contribution in [1.29, 1.82) is 0 Å². The maximum absolute atomic E-state index is 12.9. The number of nitrogens with one attached hydrogen (secondary N) is 2. The van der Waals surface area contributed by atoms with E-state index in [0.29, 0.717) is 29.7 Å². The van der Waals surface area contributed by atoms with Gasteiger partial charge in [-0.3, -0.25) is 9.89 Å². The Morgan fingerprint density at radius 1 is 1.08 bits per heavy atom. The van der Waals surface area contributed by atoms with E-state index in [-0.39, 0.29) is 24.2 Å². The molecule has 0 unspecified atom stereocenters. The van der Waals surface area contributed by atoms with Crippen LogP contribution in [0.3, 0.4) is 0 Å². The fourth-order valence-electron chi connectivity index (χ4n) is 5.10. The van der Waals surface area contributed by atoms with Crippen LogP contribution in [-0.4, -0.2) is 39.0 Å². The average molecular weight is 513 g/mol. The molecule has 0 atom stereocenters. The zero-order valence-electron chi connectivity index (χ0n) is 20.8. The third-order valence-electron chi connectivity index (χ3n) is 7.37. The van der Waals surface area contributed by atoms with Crippen molar-refractivity contribution >= 4 is 23.4 Å². The number of benzene rings is 1. The van der Waals surface area contributed by atoms with Crippen LogP contribution in [0.4, 0.5) is 30.8 Å². The number of hydrogen-bond donors (Lipinski definition) is 2. The van der Waals surface area contributed by atoms with E-state index in [1.54, 1.807) is 12.3 Å². The van der Waals surface area contributed by atoms with Gasteiger partial charge in [0.25, 0.3) is 0 Å². The molecule has 2 aliphatic rings. The molecule has 196 valence electrons. The van der Waals surface area contributed by atoms with Crippen molar-refractivity contribution in [3.05, 3.63) is 59.4 Å². The summed E-state index contributed by atoms with van der Waals surface area (Å²) in [6, 6.07) is 9.15. The fourth-order valence-corrected chi connectivity index (χ4v) is 5.10. The van der Waals surface area contributed by atoms with Gasteiger partial charge >= 0.3 is 6.18 Å². The van der Waals surface area contributed by atoms with Gasteiger partial charge in [0.2, 0.25) is 5.95 Å². The monoisotopic (exact) mass is 512 g/mol. The Hall–Kier alpha value is -3.43. The Kier molecular flexibility index (Phi) is 7.17. The molecule has 2 aromatic heterocycles. The van der Waals surface area contributed by atoms with Crippen molar-refractivity contribution in [3.63, 3.8) is 0 Å². The normalized spacial score (nSPS) is 20.0. The summed E-state index contributed by atoms with van der Waals surface area (Å²) in [7, 11) is 1.99. The Labute approximate surface area is 213 Å². The van der Waals surface area contributed by atoms with E-state index >= 15 is 0 Å². The minimum atomic E-state index is -4.40. The summed E-state index contributed by atoms with van der Waals surface area (Å²) < 4.78 is 38.8. The summed E-state index contributed by atoms with van der Waals surface area (Å²) in [5.41, 5.74) is 0.853. The summed E-state index contributed by atoms with van der Waals surface area (Å²) >= 11 is 0. The molecule has 0 bridgehead atoms. The van der Waals surface area contributed by atoms with Gasteiger partial charge in [-0.05, 0) is 62.1 Å². The number of H-pyrrole nitrogens is 1. The summed E-state index contributed by atoms with van der Waals surface area (Å²) in [5, 5.41) is 10.6. The van der Waals surface area contributed by atoms with Gasteiger partial charge in [0.15, 0.2) is 5.82 Å². The van der Waals surface area contributed by atoms with Crippen LogP contribution in [0.1, 0.15) is 67.7 Å². The molecule has 7 nitrogen and oxygen atoms in total. The average Bonchev–Trinajstić information content (AvgIpc) is 3.62. The number of aromatic amines is 1. The number of rotatable bonds is 9. The van der Waals surface area contributed by atoms with E-state index in [2.05, 4.69) is 30.4 Å². The van der Waals surface area contributed by atoms with E-state index in [1.807, 2.05) is 19.2 Å². The Bertz CT molecular complexity index is 1230. The SMILES string of the molecule is CN(c1nccc(Nc2cc(C3CC3)[nH]n2)n1)C1CCC(CC(=O)Cc2cccc(C(F)(F)F)c2)CC1. The van der Waals surface area contributed by atoms with Crippen molar-refractivity contribution in [2.75, 3.05) is 17.3 Å². The molecule has 2 heterocycles. The van der Waals surface area contributed by atoms with Crippen LogP contribution >= 0.6 is 0 Å². The second kappa shape index (κ2) is 10.5. The third-order valence-corrected chi connectivity index (χ3v) is 7.37. The molecule has 0 saturated heterocycles. The Morgan fingerprint density at radius 3 is 2.59 bits per heavy atom. The zero-order valence-corrected chi connectivity index (χ0v) is 20.8. The van der Waals surface area contributed by atoms with Gasteiger partial charge in [-0.1, -0.05) is 18.2 Å². The van der Waals surface area contributed by atoms with E-state index in [4.69, 9.17) is 0 Å². The molecular formula is C27H31F3N6O. The van der Waals surface area contributed by atoms with Crippen LogP contribution in [-0.2, 0) is 17.4 Å². The van der Waals surface area contributed by atoms with E-state index in [9.17, 15) is 18.0 Å². The lowest BCUT2D eigenvalue weighted by Gasteiger charge is -2.34. The molecule has 2 aliphatic carbocycles. The molecule has 0 amide bonds. The molecular weight excluding hydrogens is 481 g/mol. The lowest BCUT2D eigenvalue weighted by molar-refractivity contribution is -0.137. The first-order chi connectivity index (χ1) is 17.7. The predicted octanol–water partition coefficient (Wildman–Crippen LogP) is 6.04. The molecule has 2 N–H and O–H groups in total. The molecule has 0 aliphatic heterocycles. The second-order valence-electron chi connectivity index (χ2n) is 10.3. The van der Waals surface area contributed by atoms with E-state index in [0.717, 1.165) is 49.3 Å². The summed E-state index contributed by atoms with van der Waals surface area (Å²) in [5.74, 6) is 2.89. The first-order valence-corrected chi connectivity index (χ1v) is 12.8. The van der Waals surface area contributed by atoms with Gasteiger partial charge in [-0.2, -0.15) is 23.3 Å². The minimum absolute atomic E-state index is 0.0125. The van der Waals surface area contributed by atoms with Crippen LogP contribution in [0.25, 0.3) is 0 Å². The van der Waals surface area contributed by atoms with Gasteiger partial charge in [0.1, 0.15) is 11.6 Å². The van der Waals surface area contributed by atoms with E-state index < -0.39 is 11.7 Å². The van der Waals surface area contributed by atoms with Crippen LogP contribution in [0.5, 0.6) is 0 Å². The molecule has 3 aromatic rings. The molecule has 5 rings (SSSR count). The van der Waals surface area contributed by atoms with Crippen LogP contribution in [0.15, 0.2) is 42.6 Å². The number of alkyl halides is 3. The number of carbonyl (C=O) groups excluding carboxylic acids is 1. The van der Waals surface area contributed by atoms with Crippen LogP contribution in [0.2, 0.25) is 0 Å². The highest BCUT2D eigenvalue weighted by atomic mass is 19.4. The topological polar surface area (TPSA) is 86.8 Å².